The fourth-order valence-corrected chi connectivity index (χ4v) is 5.38. The lowest BCUT2D eigenvalue weighted by molar-refractivity contribution is 0.583. The van der Waals surface area contributed by atoms with E-state index < -0.39 is 20.9 Å². The van der Waals surface area contributed by atoms with Gasteiger partial charge in [0.25, 0.3) is 0 Å². The number of hydrogen-bond acceptors (Lipinski definition) is 3. The van der Waals surface area contributed by atoms with Crippen LogP contribution >= 0.6 is 11.6 Å². The van der Waals surface area contributed by atoms with Crippen molar-refractivity contribution in [1.82, 2.24) is 0 Å². The van der Waals surface area contributed by atoms with Gasteiger partial charge >= 0.3 is 0 Å². The van der Waals surface area contributed by atoms with Gasteiger partial charge in [0.15, 0.2) is 9.84 Å². The molecule has 1 aliphatic heterocycles. The van der Waals surface area contributed by atoms with Crippen LogP contribution in [0, 0.1) is 5.82 Å². The highest BCUT2D eigenvalue weighted by molar-refractivity contribution is 7.91. The average Bonchev–Trinajstić information content (AvgIpc) is 2.77. The minimum Gasteiger partial charge on any atom is -0.251 e. The van der Waals surface area contributed by atoms with E-state index in [1.54, 1.807) is 30.3 Å². The number of fused-ring (bicyclic) bond motifs is 1. The third kappa shape index (κ3) is 3.29. The van der Waals surface area contributed by atoms with Crippen molar-refractivity contribution in [1.29, 1.82) is 0 Å². The van der Waals surface area contributed by atoms with Crippen LogP contribution in [0.2, 0.25) is 5.02 Å². The molecule has 27 heavy (non-hydrogen) atoms. The normalized spacial score (nSPS) is 18.3. The molecule has 1 aliphatic rings. The summed E-state index contributed by atoms with van der Waals surface area (Å²) in [7, 11) is -3.72. The second-order valence-corrected chi connectivity index (χ2v) is 8.80. The molecule has 3 nitrogen and oxygen atoms in total. The van der Waals surface area contributed by atoms with Gasteiger partial charge in [-0.15, -0.1) is 0 Å². The first-order valence-corrected chi connectivity index (χ1v) is 10.3. The van der Waals surface area contributed by atoms with Crippen LogP contribution in [-0.4, -0.2) is 14.1 Å². The van der Waals surface area contributed by atoms with Crippen molar-refractivity contribution >= 4 is 32.8 Å². The van der Waals surface area contributed by atoms with Gasteiger partial charge in [0.05, 0.1) is 21.5 Å². The molecule has 1 heterocycles. The molecule has 0 N–H and O–H groups in total. The highest BCUT2D eigenvalue weighted by atomic mass is 35.5. The van der Waals surface area contributed by atoms with E-state index >= 15 is 0 Å². The smallest absolute Gasteiger partial charge is 0.187 e. The second kappa shape index (κ2) is 6.91. The number of aliphatic imine (C=N–C) groups is 1. The first-order chi connectivity index (χ1) is 13.0. The average molecular weight is 400 g/mol. The van der Waals surface area contributed by atoms with Crippen LogP contribution < -0.4 is 0 Å². The van der Waals surface area contributed by atoms with Gasteiger partial charge in [0.2, 0.25) is 0 Å². The minimum atomic E-state index is -3.72. The Morgan fingerprint density at radius 1 is 0.926 bits per heavy atom. The Balaban J connectivity index is 1.95. The number of para-hydroxylation sites is 1. The molecular formula is C21H15ClFNO2S. The number of hydrogen-bond donors (Lipinski definition) is 0. The van der Waals surface area contributed by atoms with Crippen molar-refractivity contribution in [3.05, 3.63) is 94.8 Å². The third-order valence-electron chi connectivity index (χ3n) is 4.61. The summed E-state index contributed by atoms with van der Waals surface area (Å²) >= 11 is 6.34. The van der Waals surface area contributed by atoms with Crippen molar-refractivity contribution in [3.8, 4) is 0 Å². The SMILES string of the molecule is O=S1(=O)c2ccccc2N=C(c2ccccc2Cl)C[C@@H]1c1ccc(F)cc1. The minimum absolute atomic E-state index is 0.145. The van der Waals surface area contributed by atoms with Crippen molar-refractivity contribution in [2.24, 2.45) is 4.99 Å². The van der Waals surface area contributed by atoms with Crippen molar-refractivity contribution in [2.45, 2.75) is 16.6 Å². The van der Waals surface area contributed by atoms with E-state index in [0.29, 0.717) is 27.5 Å². The van der Waals surface area contributed by atoms with E-state index in [4.69, 9.17) is 11.6 Å². The largest absolute Gasteiger partial charge is 0.251 e. The Morgan fingerprint density at radius 3 is 2.33 bits per heavy atom. The summed E-state index contributed by atoms with van der Waals surface area (Å²) in [6, 6.07) is 19.4. The third-order valence-corrected chi connectivity index (χ3v) is 7.08. The molecule has 0 radical (unpaired) electrons. The molecule has 3 aromatic rings. The fraction of sp³-hybridized carbons (Fsp3) is 0.0952. The van der Waals surface area contributed by atoms with Crippen molar-refractivity contribution < 1.29 is 12.8 Å². The zero-order valence-electron chi connectivity index (χ0n) is 14.1. The number of rotatable bonds is 2. The molecular weight excluding hydrogens is 385 g/mol. The molecule has 136 valence electrons. The Bertz CT molecular complexity index is 1140. The molecule has 6 heteroatoms. The Kier molecular flexibility index (Phi) is 4.58. The summed E-state index contributed by atoms with van der Waals surface area (Å²) in [6.45, 7) is 0. The molecule has 4 rings (SSSR count). The van der Waals surface area contributed by atoms with Crippen LogP contribution in [0.25, 0.3) is 0 Å². The van der Waals surface area contributed by atoms with Crippen molar-refractivity contribution in [2.75, 3.05) is 0 Å². The Hall–Kier alpha value is -2.50. The van der Waals surface area contributed by atoms with Crippen LogP contribution in [0.3, 0.4) is 0 Å². The zero-order chi connectivity index (χ0) is 19.0. The molecule has 0 amide bonds. The Morgan fingerprint density at radius 2 is 1.59 bits per heavy atom. The maximum atomic E-state index is 13.4. The number of benzene rings is 3. The van der Waals surface area contributed by atoms with Gasteiger partial charge in [-0.3, -0.25) is 4.99 Å². The Labute approximate surface area is 162 Å². The van der Waals surface area contributed by atoms with E-state index in [1.807, 2.05) is 18.2 Å². The molecule has 0 saturated heterocycles. The number of sulfone groups is 1. The zero-order valence-corrected chi connectivity index (χ0v) is 15.7. The summed E-state index contributed by atoms with van der Waals surface area (Å²) in [5.74, 6) is -0.412. The molecule has 1 atom stereocenters. The summed E-state index contributed by atoms with van der Waals surface area (Å²) in [4.78, 5) is 4.81. The lowest BCUT2D eigenvalue weighted by Crippen LogP contribution is -2.16. The quantitative estimate of drug-likeness (QED) is 0.569. The van der Waals surface area contributed by atoms with Crippen LogP contribution in [0.15, 0.2) is 82.7 Å². The lowest BCUT2D eigenvalue weighted by Gasteiger charge is -2.17. The summed E-state index contributed by atoms with van der Waals surface area (Å²) < 4.78 is 40.1. The van der Waals surface area contributed by atoms with E-state index in [0.717, 1.165) is 0 Å². The first-order valence-electron chi connectivity index (χ1n) is 8.37. The maximum Gasteiger partial charge on any atom is 0.187 e. The maximum absolute atomic E-state index is 13.4. The number of nitrogens with zero attached hydrogens (tertiary/aromatic N) is 1. The van der Waals surface area contributed by atoms with Gasteiger partial charge in [-0.1, -0.05) is 54.1 Å². The highest BCUT2D eigenvalue weighted by Gasteiger charge is 2.35. The highest BCUT2D eigenvalue weighted by Crippen LogP contribution is 2.41. The van der Waals surface area contributed by atoms with Gasteiger partial charge in [0.1, 0.15) is 5.82 Å². The monoisotopic (exact) mass is 399 g/mol. The van der Waals surface area contributed by atoms with Crippen LogP contribution in [0.1, 0.15) is 22.8 Å². The molecule has 0 unspecified atom stereocenters. The summed E-state index contributed by atoms with van der Waals surface area (Å²) in [6.07, 6.45) is 0.145. The van der Waals surface area contributed by atoms with Gasteiger partial charge in [-0.2, -0.15) is 0 Å². The molecule has 3 aromatic carbocycles. The van der Waals surface area contributed by atoms with E-state index in [2.05, 4.69) is 4.99 Å². The number of halogens is 2. The van der Waals surface area contributed by atoms with E-state index in [1.165, 1.54) is 24.3 Å². The first kappa shape index (κ1) is 17.9. The topological polar surface area (TPSA) is 46.5 Å². The van der Waals surface area contributed by atoms with Crippen LogP contribution in [0.5, 0.6) is 0 Å². The second-order valence-electron chi connectivity index (χ2n) is 6.30. The molecule has 0 saturated carbocycles. The molecule has 0 aromatic heterocycles. The van der Waals surface area contributed by atoms with Gasteiger partial charge in [0, 0.05) is 17.0 Å². The van der Waals surface area contributed by atoms with Gasteiger partial charge < -0.3 is 0 Å². The molecule has 0 fully saturated rings. The summed E-state index contributed by atoms with van der Waals surface area (Å²) in [5, 5.41) is -0.373. The van der Waals surface area contributed by atoms with E-state index in [-0.39, 0.29) is 11.3 Å². The van der Waals surface area contributed by atoms with E-state index in [9.17, 15) is 12.8 Å². The predicted molar refractivity (Wildman–Crippen MR) is 105 cm³/mol. The van der Waals surface area contributed by atoms with Crippen molar-refractivity contribution in [3.63, 3.8) is 0 Å². The standard InChI is InChI=1S/C21H15ClFNO2S/c22-17-6-2-1-5-16(17)19-13-21(14-9-11-15(23)12-10-14)27(25,26)20-8-4-3-7-18(20)24-19/h1-12,21H,13H2/t21-/m1/s1. The molecule has 0 spiro atoms. The molecule has 0 bridgehead atoms. The fourth-order valence-electron chi connectivity index (χ4n) is 3.26. The lowest BCUT2D eigenvalue weighted by atomic mass is 10.0. The van der Waals surface area contributed by atoms with Crippen LogP contribution in [0.4, 0.5) is 10.1 Å². The van der Waals surface area contributed by atoms with Gasteiger partial charge in [-0.05, 0) is 35.9 Å². The summed E-state index contributed by atoms with van der Waals surface area (Å²) in [5.41, 5.74) is 2.19. The molecule has 0 aliphatic carbocycles. The van der Waals surface area contributed by atoms with Gasteiger partial charge in [-0.25, -0.2) is 12.8 Å². The van der Waals surface area contributed by atoms with Crippen LogP contribution in [-0.2, 0) is 9.84 Å². The predicted octanol–water partition coefficient (Wildman–Crippen LogP) is 5.52.